The molecule has 0 spiro atoms. The van der Waals surface area contributed by atoms with Gasteiger partial charge in [-0.2, -0.15) is 0 Å². The first-order valence-corrected chi connectivity index (χ1v) is 5.90. The third-order valence-electron chi connectivity index (χ3n) is 3.50. The summed E-state index contributed by atoms with van der Waals surface area (Å²) in [4.78, 5) is 18.1. The lowest BCUT2D eigenvalue weighted by Crippen LogP contribution is -2.48. The molecule has 1 saturated heterocycles. The van der Waals surface area contributed by atoms with Crippen molar-refractivity contribution in [1.82, 2.24) is 9.88 Å². The number of rotatable bonds is 2. The number of aromatic nitrogens is 1. The molecule has 1 N–H and O–H groups in total. The lowest BCUT2D eigenvalue weighted by molar-refractivity contribution is -0.135. The van der Waals surface area contributed by atoms with Crippen molar-refractivity contribution in [2.75, 3.05) is 6.54 Å². The van der Waals surface area contributed by atoms with Crippen LogP contribution in [-0.4, -0.2) is 39.1 Å². The maximum absolute atomic E-state index is 12.2. The van der Waals surface area contributed by atoms with Gasteiger partial charge in [-0.1, -0.05) is 6.07 Å². The molecular weight excluding hydrogens is 216 g/mol. The van der Waals surface area contributed by atoms with Crippen LogP contribution in [0.15, 0.2) is 24.4 Å². The molecule has 1 atom stereocenters. The molecule has 17 heavy (non-hydrogen) atoms. The van der Waals surface area contributed by atoms with Crippen LogP contribution in [0.2, 0.25) is 0 Å². The number of hydrogen-bond acceptors (Lipinski definition) is 3. The Morgan fingerprint density at radius 1 is 1.59 bits per heavy atom. The summed E-state index contributed by atoms with van der Waals surface area (Å²) >= 11 is 0. The molecular formula is C13H18N2O2. The number of aliphatic hydroxyl groups is 1. The Morgan fingerprint density at radius 2 is 2.35 bits per heavy atom. The van der Waals surface area contributed by atoms with E-state index < -0.39 is 11.6 Å². The predicted octanol–water partition coefficient (Wildman–Crippen LogP) is 0.996. The maximum atomic E-state index is 12.2. The summed E-state index contributed by atoms with van der Waals surface area (Å²) in [6, 6.07) is 5.55. The first kappa shape index (κ1) is 12.0. The van der Waals surface area contributed by atoms with E-state index in [1.165, 1.54) is 0 Å². The lowest BCUT2D eigenvalue weighted by Gasteiger charge is -2.33. The first-order chi connectivity index (χ1) is 8.01. The predicted molar refractivity (Wildman–Crippen MR) is 64.4 cm³/mol. The van der Waals surface area contributed by atoms with Crippen LogP contribution in [0.5, 0.6) is 0 Å². The van der Waals surface area contributed by atoms with E-state index in [0.717, 1.165) is 5.69 Å². The van der Waals surface area contributed by atoms with Crippen molar-refractivity contribution in [1.29, 1.82) is 0 Å². The van der Waals surface area contributed by atoms with Crippen molar-refractivity contribution < 1.29 is 9.90 Å². The van der Waals surface area contributed by atoms with Gasteiger partial charge in [-0.25, -0.2) is 0 Å². The van der Waals surface area contributed by atoms with Gasteiger partial charge in [0.15, 0.2) is 0 Å². The fraction of sp³-hybridized carbons (Fsp3) is 0.538. The second-order valence-electron chi connectivity index (χ2n) is 5.00. The largest absolute Gasteiger partial charge is 0.391 e. The van der Waals surface area contributed by atoms with Crippen LogP contribution in [-0.2, 0) is 11.2 Å². The fourth-order valence-corrected chi connectivity index (χ4v) is 2.27. The van der Waals surface area contributed by atoms with E-state index in [9.17, 15) is 9.90 Å². The van der Waals surface area contributed by atoms with Crippen molar-refractivity contribution in [2.45, 2.75) is 38.3 Å². The van der Waals surface area contributed by atoms with Gasteiger partial charge in [-0.15, -0.1) is 0 Å². The number of hydrogen-bond donors (Lipinski definition) is 1. The van der Waals surface area contributed by atoms with E-state index >= 15 is 0 Å². The number of carbonyl (C=O) groups is 1. The normalized spacial score (nSPS) is 22.8. The van der Waals surface area contributed by atoms with Crippen molar-refractivity contribution in [2.24, 2.45) is 0 Å². The molecule has 2 rings (SSSR count). The number of carbonyl (C=O) groups excluding carboxylic acids is 1. The molecule has 1 amide bonds. The SMILES string of the molecule is CC1(C)C(O)CCN1C(=O)Cc1ccccn1. The van der Waals surface area contributed by atoms with E-state index in [-0.39, 0.29) is 5.91 Å². The molecule has 0 saturated carbocycles. The van der Waals surface area contributed by atoms with Gasteiger partial charge >= 0.3 is 0 Å². The van der Waals surface area contributed by atoms with Crippen LogP contribution in [0.1, 0.15) is 26.0 Å². The molecule has 0 aromatic carbocycles. The zero-order chi connectivity index (χ0) is 12.5. The van der Waals surface area contributed by atoms with Crippen molar-refractivity contribution in [3.05, 3.63) is 30.1 Å². The second kappa shape index (κ2) is 4.45. The van der Waals surface area contributed by atoms with Gasteiger partial charge in [0.05, 0.1) is 18.1 Å². The Balaban J connectivity index is 2.07. The highest BCUT2D eigenvalue weighted by Crippen LogP contribution is 2.29. The van der Waals surface area contributed by atoms with Gasteiger partial charge in [-0.3, -0.25) is 9.78 Å². The zero-order valence-electron chi connectivity index (χ0n) is 10.3. The first-order valence-electron chi connectivity index (χ1n) is 5.90. The molecule has 4 heteroatoms. The van der Waals surface area contributed by atoms with E-state index in [2.05, 4.69) is 4.98 Å². The molecule has 0 aliphatic carbocycles. The minimum absolute atomic E-state index is 0.0326. The minimum atomic E-state index is -0.466. The Morgan fingerprint density at radius 3 is 2.88 bits per heavy atom. The van der Waals surface area contributed by atoms with Gasteiger partial charge in [0.1, 0.15) is 0 Å². The average Bonchev–Trinajstić information content (AvgIpc) is 2.55. The third kappa shape index (κ3) is 2.31. The lowest BCUT2D eigenvalue weighted by atomic mass is 9.98. The number of nitrogens with zero attached hydrogens (tertiary/aromatic N) is 2. The van der Waals surface area contributed by atoms with Gasteiger partial charge in [0.2, 0.25) is 5.91 Å². The standard InChI is InChI=1S/C13H18N2O2/c1-13(2)11(16)6-8-15(13)12(17)9-10-5-3-4-7-14-10/h3-5,7,11,16H,6,8-9H2,1-2H3. The molecule has 92 valence electrons. The number of likely N-dealkylation sites (tertiary alicyclic amines) is 1. The Bertz CT molecular complexity index is 403. The summed E-state index contributed by atoms with van der Waals surface area (Å²) in [6.45, 7) is 4.43. The average molecular weight is 234 g/mol. The van der Waals surface area contributed by atoms with Crippen molar-refractivity contribution >= 4 is 5.91 Å². The van der Waals surface area contributed by atoms with Crippen LogP contribution in [0.3, 0.4) is 0 Å². The number of pyridine rings is 1. The van der Waals surface area contributed by atoms with Crippen LogP contribution >= 0.6 is 0 Å². The summed E-state index contributed by atoms with van der Waals surface area (Å²) in [5.74, 6) is 0.0326. The van der Waals surface area contributed by atoms with Gasteiger partial charge in [-0.05, 0) is 32.4 Å². The van der Waals surface area contributed by atoms with E-state index in [1.807, 2.05) is 32.0 Å². The Kier molecular flexibility index (Phi) is 3.15. The van der Waals surface area contributed by atoms with Crippen LogP contribution < -0.4 is 0 Å². The monoisotopic (exact) mass is 234 g/mol. The zero-order valence-corrected chi connectivity index (χ0v) is 10.3. The highest BCUT2D eigenvalue weighted by molar-refractivity contribution is 5.79. The third-order valence-corrected chi connectivity index (χ3v) is 3.50. The smallest absolute Gasteiger partial charge is 0.229 e. The van der Waals surface area contributed by atoms with E-state index in [0.29, 0.717) is 19.4 Å². The molecule has 1 unspecified atom stereocenters. The molecule has 2 heterocycles. The summed E-state index contributed by atoms with van der Waals surface area (Å²) in [7, 11) is 0. The Hall–Kier alpha value is -1.42. The van der Waals surface area contributed by atoms with Gasteiger partial charge < -0.3 is 10.0 Å². The highest BCUT2D eigenvalue weighted by atomic mass is 16.3. The fourth-order valence-electron chi connectivity index (χ4n) is 2.27. The summed E-state index contributed by atoms with van der Waals surface area (Å²) in [5, 5.41) is 9.83. The summed E-state index contributed by atoms with van der Waals surface area (Å²) in [5.41, 5.74) is 0.306. The van der Waals surface area contributed by atoms with Crippen molar-refractivity contribution in [3.8, 4) is 0 Å². The molecule has 1 fully saturated rings. The topological polar surface area (TPSA) is 53.4 Å². The van der Waals surface area contributed by atoms with Gasteiger partial charge in [0.25, 0.3) is 0 Å². The minimum Gasteiger partial charge on any atom is -0.391 e. The summed E-state index contributed by atoms with van der Waals surface area (Å²) < 4.78 is 0. The maximum Gasteiger partial charge on any atom is 0.229 e. The molecule has 0 bridgehead atoms. The number of aliphatic hydroxyl groups excluding tert-OH is 1. The molecule has 1 aliphatic rings. The van der Waals surface area contributed by atoms with Crippen LogP contribution in [0, 0.1) is 0 Å². The molecule has 0 radical (unpaired) electrons. The molecule has 1 aromatic heterocycles. The van der Waals surface area contributed by atoms with E-state index in [4.69, 9.17) is 0 Å². The van der Waals surface area contributed by atoms with Gasteiger partial charge in [0, 0.05) is 18.4 Å². The Labute approximate surface area is 101 Å². The molecule has 1 aliphatic heterocycles. The molecule has 4 nitrogen and oxygen atoms in total. The quantitative estimate of drug-likeness (QED) is 0.830. The second-order valence-corrected chi connectivity index (χ2v) is 5.00. The van der Waals surface area contributed by atoms with E-state index in [1.54, 1.807) is 11.1 Å². The molecule has 1 aromatic rings. The van der Waals surface area contributed by atoms with Crippen LogP contribution in [0.25, 0.3) is 0 Å². The van der Waals surface area contributed by atoms with Crippen molar-refractivity contribution in [3.63, 3.8) is 0 Å². The number of amides is 1. The highest BCUT2D eigenvalue weighted by Gasteiger charge is 2.42. The summed E-state index contributed by atoms with van der Waals surface area (Å²) in [6.07, 6.45) is 2.21. The van der Waals surface area contributed by atoms with Crippen LogP contribution in [0.4, 0.5) is 0 Å².